The second-order valence-electron chi connectivity index (χ2n) is 5.08. The Labute approximate surface area is 123 Å². The highest BCUT2D eigenvalue weighted by molar-refractivity contribution is 7.91. The number of carbonyl (C=O) groups excluding carboxylic acids is 1. The molecule has 1 aliphatic rings. The largest absolute Gasteiger partial charge is 0.468 e. The van der Waals surface area contributed by atoms with E-state index in [1.54, 1.807) is 41.3 Å². The smallest absolute Gasteiger partial charge is 0.253 e. The van der Waals surface area contributed by atoms with Crippen molar-refractivity contribution in [1.82, 2.24) is 4.90 Å². The molecule has 2 heterocycles. The fourth-order valence-corrected chi connectivity index (χ4v) is 3.92. The monoisotopic (exact) mass is 305 g/mol. The molecule has 0 N–H and O–H groups in total. The van der Waals surface area contributed by atoms with Crippen LogP contribution in [0.15, 0.2) is 53.1 Å². The molecule has 1 amide bonds. The summed E-state index contributed by atoms with van der Waals surface area (Å²) >= 11 is 0. The molecule has 0 atom stereocenters. The van der Waals surface area contributed by atoms with E-state index in [1.165, 1.54) is 6.26 Å². The quantitative estimate of drug-likeness (QED) is 0.862. The number of furan rings is 1. The van der Waals surface area contributed by atoms with Crippen LogP contribution >= 0.6 is 0 Å². The van der Waals surface area contributed by atoms with E-state index in [4.69, 9.17) is 4.42 Å². The van der Waals surface area contributed by atoms with Crippen molar-refractivity contribution in [3.63, 3.8) is 0 Å². The summed E-state index contributed by atoms with van der Waals surface area (Å²) in [6.45, 7) is 0.494. The van der Waals surface area contributed by atoms with Crippen molar-refractivity contribution in [1.29, 1.82) is 0 Å². The molecule has 0 unspecified atom stereocenters. The maximum absolute atomic E-state index is 12.2. The van der Waals surface area contributed by atoms with Gasteiger partial charge in [-0.2, -0.15) is 0 Å². The standard InChI is InChI=1S/C15H15NO4S/c17-15(12-5-2-1-3-6-12)16-9-14(10-16)21(18,19)11-13-7-4-8-20-13/h1-8,14H,9-11H2. The topological polar surface area (TPSA) is 67.6 Å². The van der Waals surface area contributed by atoms with Gasteiger partial charge in [0.1, 0.15) is 11.5 Å². The number of carbonyl (C=O) groups is 1. The molecule has 1 aromatic carbocycles. The van der Waals surface area contributed by atoms with Crippen LogP contribution in [0, 0.1) is 0 Å². The molecular formula is C15H15NO4S. The van der Waals surface area contributed by atoms with Crippen LogP contribution in [0.2, 0.25) is 0 Å². The Morgan fingerprint density at radius 2 is 1.86 bits per heavy atom. The van der Waals surface area contributed by atoms with Gasteiger partial charge in [0.05, 0.1) is 11.5 Å². The third-order valence-electron chi connectivity index (χ3n) is 3.59. The van der Waals surface area contributed by atoms with Crippen molar-refractivity contribution < 1.29 is 17.6 Å². The molecule has 0 bridgehead atoms. The SMILES string of the molecule is O=C(c1ccccc1)N1CC(S(=O)(=O)Cc2ccco2)C1. The maximum atomic E-state index is 12.2. The van der Waals surface area contributed by atoms with Gasteiger partial charge in [0.25, 0.3) is 5.91 Å². The molecule has 0 saturated carbocycles. The van der Waals surface area contributed by atoms with Gasteiger partial charge in [-0.05, 0) is 24.3 Å². The van der Waals surface area contributed by atoms with Gasteiger partial charge in [-0.15, -0.1) is 0 Å². The summed E-state index contributed by atoms with van der Waals surface area (Å²) < 4.78 is 29.4. The van der Waals surface area contributed by atoms with E-state index < -0.39 is 15.1 Å². The molecule has 0 radical (unpaired) electrons. The van der Waals surface area contributed by atoms with Gasteiger partial charge < -0.3 is 9.32 Å². The van der Waals surface area contributed by atoms with Gasteiger partial charge in [0.2, 0.25) is 0 Å². The Kier molecular flexibility index (Phi) is 3.55. The van der Waals surface area contributed by atoms with Crippen LogP contribution in [0.4, 0.5) is 0 Å². The third kappa shape index (κ3) is 2.85. The van der Waals surface area contributed by atoms with E-state index in [-0.39, 0.29) is 24.7 Å². The first-order chi connectivity index (χ1) is 10.1. The van der Waals surface area contributed by atoms with E-state index >= 15 is 0 Å². The zero-order valence-corrected chi connectivity index (χ0v) is 12.1. The minimum absolute atomic E-state index is 0.113. The van der Waals surface area contributed by atoms with Crippen molar-refractivity contribution in [3.05, 3.63) is 60.1 Å². The molecule has 1 fully saturated rings. The molecule has 6 heteroatoms. The Morgan fingerprint density at radius 1 is 1.14 bits per heavy atom. The molecule has 1 saturated heterocycles. The lowest BCUT2D eigenvalue weighted by Crippen LogP contribution is -2.57. The zero-order valence-electron chi connectivity index (χ0n) is 11.3. The van der Waals surface area contributed by atoms with Gasteiger partial charge in [-0.1, -0.05) is 18.2 Å². The summed E-state index contributed by atoms with van der Waals surface area (Å²) in [5, 5.41) is -0.504. The van der Waals surface area contributed by atoms with Gasteiger partial charge in [0.15, 0.2) is 9.84 Å². The molecule has 110 valence electrons. The van der Waals surface area contributed by atoms with E-state index in [9.17, 15) is 13.2 Å². The number of likely N-dealkylation sites (tertiary alicyclic amines) is 1. The molecule has 3 rings (SSSR count). The fraction of sp³-hybridized carbons (Fsp3) is 0.267. The van der Waals surface area contributed by atoms with Crippen LogP contribution in [0.5, 0.6) is 0 Å². The number of benzene rings is 1. The number of hydrogen-bond donors (Lipinski definition) is 0. The van der Waals surface area contributed by atoms with Crippen LogP contribution in [0.1, 0.15) is 16.1 Å². The second kappa shape index (κ2) is 5.37. The Hall–Kier alpha value is -2.08. The first kappa shape index (κ1) is 13.9. The van der Waals surface area contributed by atoms with Crippen LogP contribution < -0.4 is 0 Å². The molecule has 5 nitrogen and oxygen atoms in total. The summed E-state index contributed by atoms with van der Waals surface area (Å²) in [5.41, 5.74) is 0.583. The van der Waals surface area contributed by atoms with Crippen LogP contribution in [0.25, 0.3) is 0 Å². The van der Waals surface area contributed by atoms with Crippen LogP contribution in [-0.2, 0) is 15.6 Å². The van der Waals surface area contributed by atoms with Gasteiger partial charge >= 0.3 is 0 Å². The Bertz CT molecular complexity index is 716. The minimum Gasteiger partial charge on any atom is -0.468 e. The lowest BCUT2D eigenvalue weighted by atomic mass is 10.1. The summed E-state index contributed by atoms with van der Waals surface area (Å²) in [6, 6.07) is 12.2. The first-order valence-electron chi connectivity index (χ1n) is 6.64. The van der Waals surface area contributed by atoms with Crippen molar-refractivity contribution in [2.75, 3.05) is 13.1 Å². The van der Waals surface area contributed by atoms with Crippen molar-refractivity contribution in [2.24, 2.45) is 0 Å². The number of hydrogen-bond acceptors (Lipinski definition) is 4. The number of nitrogens with zero attached hydrogens (tertiary/aromatic N) is 1. The molecular weight excluding hydrogens is 290 g/mol. The van der Waals surface area contributed by atoms with Crippen molar-refractivity contribution in [2.45, 2.75) is 11.0 Å². The lowest BCUT2D eigenvalue weighted by Gasteiger charge is -2.38. The highest BCUT2D eigenvalue weighted by Crippen LogP contribution is 2.22. The average Bonchev–Trinajstić information content (AvgIpc) is 2.89. The third-order valence-corrected chi connectivity index (χ3v) is 5.59. The number of rotatable bonds is 4. The minimum atomic E-state index is -3.28. The molecule has 0 spiro atoms. The number of amides is 1. The van der Waals surface area contributed by atoms with Gasteiger partial charge in [-0.25, -0.2) is 8.42 Å². The normalized spacial score (nSPS) is 15.7. The molecule has 2 aromatic rings. The average molecular weight is 305 g/mol. The van der Waals surface area contributed by atoms with Gasteiger partial charge in [0, 0.05) is 18.7 Å². The van der Waals surface area contributed by atoms with E-state index in [0.717, 1.165) is 0 Å². The number of sulfone groups is 1. The predicted octanol–water partition coefficient (Wildman–Crippen LogP) is 1.72. The molecule has 21 heavy (non-hydrogen) atoms. The van der Waals surface area contributed by atoms with Crippen molar-refractivity contribution >= 4 is 15.7 Å². The Morgan fingerprint density at radius 3 is 2.48 bits per heavy atom. The van der Waals surface area contributed by atoms with Crippen LogP contribution in [-0.4, -0.2) is 37.6 Å². The lowest BCUT2D eigenvalue weighted by molar-refractivity contribution is 0.0659. The summed E-state index contributed by atoms with van der Waals surface area (Å²) in [4.78, 5) is 13.7. The Balaban J connectivity index is 1.61. The maximum Gasteiger partial charge on any atom is 0.253 e. The second-order valence-corrected chi connectivity index (χ2v) is 7.37. The van der Waals surface area contributed by atoms with Crippen LogP contribution in [0.3, 0.4) is 0 Å². The van der Waals surface area contributed by atoms with E-state index in [0.29, 0.717) is 11.3 Å². The highest BCUT2D eigenvalue weighted by atomic mass is 32.2. The first-order valence-corrected chi connectivity index (χ1v) is 8.36. The molecule has 1 aliphatic heterocycles. The summed E-state index contributed by atoms with van der Waals surface area (Å²) in [6.07, 6.45) is 1.46. The van der Waals surface area contributed by atoms with Gasteiger partial charge in [-0.3, -0.25) is 4.79 Å². The predicted molar refractivity (Wildman–Crippen MR) is 77.5 cm³/mol. The fourth-order valence-electron chi connectivity index (χ4n) is 2.31. The van der Waals surface area contributed by atoms with E-state index in [1.807, 2.05) is 6.07 Å². The highest BCUT2D eigenvalue weighted by Gasteiger charge is 2.40. The molecule has 1 aromatic heterocycles. The van der Waals surface area contributed by atoms with Crippen molar-refractivity contribution in [3.8, 4) is 0 Å². The summed E-state index contributed by atoms with van der Waals surface area (Å²) in [5.74, 6) is 0.195. The molecule has 0 aliphatic carbocycles. The zero-order chi connectivity index (χ0) is 14.9. The van der Waals surface area contributed by atoms with E-state index in [2.05, 4.69) is 0 Å². The summed E-state index contributed by atoms with van der Waals surface area (Å²) in [7, 11) is -3.28.